The SMILES string of the molecule is CC(=O)Nc1cccc(N2C(=O)C(O)=C(C(=O)c3cccs3)C2c2ccncc2)c1. The van der Waals surface area contributed by atoms with Crippen molar-refractivity contribution in [2.75, 3.05) is 10.2 Å². The number of nitrogens with one attached hydrogen (secondary N) is 1. The molecule has 1 unspecified atom stereocenters. The highest BCUT2D eigenvalue weighted by Crippen LogP contribution is 2.42. The van der Waals surface area contributed by atoms with Gasteiger partial charge in [0.1, 0.15) is 0 Å². The number of aliphatic hydroxyl groups is 1. The topological polar surface area (TPSA) is 99.6 Å². The molecular weight excluding hydrogens is 402 g/mol. The number of ketones is 1. The molecule has 30 heavy (non-hydrogen) atoms. The molecule has 4 rings (SSSR count). The smallest absolute Gasteiger partial charge is 0.294 e. The van der Waals surface area contributed by atoms with E-state index >= 15 is 0 Å². The second-order valence-corrected chi connectivity index (χ2v) is 7.61. The molecule has 2 aromatic heterocycles. The Hall–Kier alpha value is -3.78. The zero-order valence-corrected chi connectivity index (χ0v) is 16.7. The van der Waals surface area contributed by atoms with Crippen LogP contribution in [0.15, 0.2) is 77.6 Å². The Bertz CT molecular complexity index is 1160. The van der Waals surface area contributed by atoms with Crippen LogP contribution in [0.25, 0.3) is 0 Å². The minimum Gasteiger partial charge on any atom is -0.503 e. The number of amides is 2. The summed E-state index contributed by atoms with van der Waals surface area (Å²) >= 11 is 1.24. The van der Waals surface area contributed by atoms with E-state index in [-0.39, 0.29) is 11.5 Å². The number of anilines is 2. The van der Waals surface area contributed by atoms with Crippen LogP contribution in [0.5, 0.6) is 0 Å². The summed E-state index contributed by atoms with van der Waals surface area (Å²) in [5.74, 6) is -1.92. The normalized spacial score (nSPS) is 16.1. The standard InChI is InChI=1S/C22H17N3O4S/c1-13(26)24-15-4-2-5-16(12-15)25-19(14-7-9-23-10-8-14)18(21(28)22(25)29)20(27)17-6-3-11-30-17/h2-12,19,28H,1H3,(H,24,26). The molecule has 1 atom stereocenters. The molecule has 150 valence electrons. The van der Waals surface area contributed by atoms with Crippen LogP contribution >= 0.6 is 11.3 Å². The third-order valence-corrected chi connectivity index (χ3v) is 5.53. The van der Waals surface area contributed by atoms with Crippen LogP contribution in [0.4, 0.5) is 11.4 Å². The summed E-state index contributed by atoms with van der Waals surface area (Å²) in [6.45, 7) is 1.39. The fraction of sp³-hybridized carbons (Fsp3) is 0.0909. The van der Waals surface area contributed by atoms with Gasteiger partial charge in [0.05, 0.1) is 16.5 Å². The van der Waals surface area contributed by atoms with Crippen molar-refractivity contribution in [1.82, 2.24) is 4.98 Å². The summed E-state index contributed by atoms with van der Waals surface area (Å²) in [5.41, 5.74) is 1.58. The summed E-state index contributed by atoms with van der Waals surface area (Å²) in [7, 11) is 0. The Morgan fingerprint density at radius 1 is 1.13 bits per heavy atom. The number of aromatic nitrogens is 1. The molecule has 0 saturated carbocycles. The molecule has 8 heteroatoms. The first-order chi connectivity index (χ1) is 14.5. The van der Waals surface area contributed by atoms with Crippen molar-refractivity contribution in [1.29, 1.82) is 0 Å². The molecule has 2 N–H and O–H groups in total. The lowest BCUT2D eigenvalue weighted by atomic mass is 9.96. The molecule has 0 bridgehead atoms. The fourth-order valence-corrected chi connectivity index (χ4v) is 4.12. The average Bonchev–Trinajstić information content (AvgIpc) is 3.36. The van der Waals surface area contributed by atoms with Crippen molar-refractivity contribution in [3.05, 3.63) is 88.1 Å². The number of Topliss-reactive ketones (excluding diaryl/α,β-unsaturated/α-hetero) is 1. The number of pyridine rings is 1. The maximum Gasteiger partial charge on any atom is 0.294 e. The molecule has 1 aliphatic heterocycles. The summed E-state index contributed by atoms with van der Waals surface area (Å²) in [6.07, 6.45) is 3.13. The molecule has 3 aromatic rings. The maximum absolute atomic E-state index is 13.2. The van der Waals surface area contributed by atoms with Gasteiger partial charge in [-0.15, -0.1) is 11.3 Å². The third-order valence-electron chi connectivity index (χ3n) is 4.66. The molecule has 1 aliphatic rings. The number of thiophene rings is 1. The molecule has 0 radical (unpaired) electrons. The van der Waals surface area contributed by atoms with E-state index in [1.807, 2.05) is 0 Å². The van der Waals surface area contributed by atoms with Crippen molar-refractivity contribution >= 4 is 40.3 Å². The molecule has 0 aliphatic carbocycles. The van der Waals surface area contributed by atoms with Gasteiger partial charge >= 0.3 is 0 Å². The van der Waals surface area contributed by atoms with Gasteiger partial charge < -0.3 is 10.4 Å². The summed E-state index contributed by atoms with van der Waals surface area (Å²) in [4.78, 5) is 43.5. The monoisotopic (exact) mass is 419 g/mol. The van der Waals surface area contributed by atoms with Crippen LogP contribution in [0.2, 0.25) is 0 Å². The van der Waals surface area contributed by atoms with Gasteiger partial charge in [-0.1, -0.05) is 12.1 Å². The van der Waals surface area contributed by atoms with Crippen LogP contribution < -0.4 is 10.2 Å². The van der Waals surface area contributed by atoms with Crippen molar-refractivity contribution in [2.24, 2.45) is 0 Å². The minimum atomic E-state index is -0.831. The highest BCUT2D eigenvalue weighted by molar-refractivity contribution is 7.12. The first-order valence-corrected chi connectivity index (χ1v) is 9.98. The Morgan fingerprint density at radius 3 is 2.57 bits per heavy atom. The van der Waals surface area contributed by atoms with Gasteiger partial charge in [-0.3, -0.25) is 24.3 Å². The van der Waals surface area contributed by atoms with Crippen molar-refractivity contribution in [2.45, 2.75) is 13.0 Å². The zero-order chi connectivity index (χ0) is 21.3. The molecule has 0 fully saturated rings. The maximum atomic E-state index is 13.2. The van der Waals surface area contributed by atoms with E-state index in [1.165, 1.54) is 23.2 Å². The number of carbonyl (C=O) groups is 3. The lowest BCUT2D eigenvalue weighted by Gasteiger charge is -2.27. The summed E-state index contributed by atoms with van der Waals surface area (Å²) in [5, 5.41) is 15.1. The van der Waals surface area contributed by atoms with E-state index in [0.717, 1.165) is 0 Å². The van der Waals surface area contributed by atoms with Crippen molar-refractivity contribution < 1.29 is 19.5 Å². The number of hydrogen-bond donors (Lipinski definition) is 2. The molecule has 2 amide bonds. The first-order valence-electron chi connectivity index (χ1n) is 9.10. The largest absolute Gasteiger partial charge is 0.503 e. The summed E-state index contributed by atoms with van der Waals surface area (Å²) in [6, 6.07) is 12.6. The lowest BCUT2D eigenvalue weighted by Crippen LogP contribution is -2.31. The molecule has 7 nitrogen and oxygen atoms in total. The molecule has 1 aromatic carbocycles. The van der Waals surface area contributed by atoms with Gasteiger partial charge in [-0.25, -0.2) is 0 Å². The number of hydrogen-bond acceptors (Lipinski definition) is 6. The number of benzene rings is 1. The zero-order valence-electron chi connectivity index (χ0n) is 15.9. The Morgan fingerprint density at radius 2 is 1.90 bits per heavy atom. The van der Waals surface area contributed by atoms with Gasteiger partial charge in [-0.05, 0) is 47.3 Å². The van der Waals surface area contributed by atoms with Crippen LogP contribution in [0, 0.1) is 0 Å². The highest BCUT2D eigenvalue weighted by Gasteiger charge is 2.44. The van der Waals surface area contributed by atoms with E-state index < -0.39 is 23.5 Å². The first kappa shape index (κ1) is 19.5. The Labute approximate surface area is 176 Å². The molecular formula is C22H17N3O4S. The van der Waals surface area contributed by atoms with Gasteiger partial charge in [0.2, 0.25) is 11.7 Å². The second kappa shape index (κ2) is 7.92. The van der Waals surface area contributed by atoms with Crippen LogP contribution in [0.3, 0.4) is 0 Å². The Balaban J connectivity index is 1.84. The number of rotatable bonds is 5. The van der Waals surface area contributed by atoms with Gasteiger partial charge in [-0.2, -0.15) is 0 Å². The van der Waals surface area contributed by atoms with E-state index in [9.17, 15) is 19.5 Å². The van der Waals surface area contributed by atoms with E-state index in [4.69, 9.17) is 0 Å². The van der Waals surface area contributed by atoms with Crippen LogP contribution in [-0.2, 0) is 9.59 Å². The molecule has 3 heterocycles. The van der Waals surface area contributed by atoms with Gasteiger partial charge in [0, 0.05) is 30.7 Å². The van der Waals surface area contributed by atoms with E-state index in [2.05, 4.69) is 10.3 Å². The number of nitrogens with zero attached hydrogens (tertiary/aromatic N) is 2. The lowest BCUT2D eigenvalue weighted by molar-refractivity contribution is -0.117. The highest BCUT2D eigenvalue weighted by atomic mass is 32.1. The molecule has 0 spiro atoms. The third kappa shape index (κ3) is 3.48. The van der Waals surface area contributed by atoms with Crippen LogP contribution in [-0.4, -0.2) is 27.7 Å². The van der Waals surface area contributed by atoms with E-state index in [0.29, 0.717) is 21.8 Å². The van der Waals surface area contributed by atoms with Gasteiger partial charge in [0.15, 0.2) is 5.76 Å². The number of aliphatic hydroxyl groups excluding tert-OH is 1. The predicted octanol–water partition coefficient (Wildman–Crippen LogP) is 3.88. The predicted molar refractivity (Wildman–Crippen MR) is 114 cm³/mol. The van der Waals surface area contributed by atoms with Crippen LogP contribution in [0.1, 0.15) is 28.2 Å². The van der Waals surface area contributed by atoms with Crippen molar-refractivity contribution in [3.8, 4) is 0 Å². The minimum absolute atomic E-state index is 0.0126. The molecule has 0 saturated heterocycles. The average molecular weight is 419 g/mol. The summed E-state index contributed by atoms with van der Waals surface area (Å²) < 4.78 is 0. The second-order valence-electron chi connectivity index (χ2n) is 6.66. The van der Waals surface area contributed by atoms with Gasteiger partial charge in [0.25, 0.3) is 5.91 Å². The number of carbonyl (C=O) groups excluding carboxylic acids is 3. The fourth-order valence-electron chi connectivity index (χ4n) is 3.44. The van der Waals surface area contributed by atoms with E-state index in [1.54, 1.807) is 66.3 Å². The Kier molecular flexibility index (Phi) is 5.16. The quantitative estimate of drug-likeness (QED) is 0.612. The van der Waals surface area contributed by atoms with Crippen molar-refractivity contribution in [3.63, 3.8) is 0 Å².